The van der Waals surface area contributed by atoms with Gasteiger partial charge >= 0.3 is 0 Å². The van der Waals surface area contributed by atoms with E-state index in [-0.39, 0.29) is 4.90 Å². The van der Waals surface area contributed by atoms with Crippen LogP contribution in [0.5, 0.6) is 0 Å². The van der Waals surface area contributed by atoms with Gasteiger partial charge in [0.15, 0.2) is 0 Å². The van der Waals surface area contributed by atoms with Crippen molar-refractivity contribution in [1.82, 2.24) is 0 Å². The molecule has 0 spiro atoms. The summed E-state index contributed by atoms with van der Waals surface area (Å²) >= 11 is 3.38. The van der Waals surface area contributed by atoms with Gasteiger partial charge in [-0.1, -0.05) is 30.3 Å². The van der Waals surface area contributed by atoms with Crippen LogP contribution in [0.4, 0.5) is 5.69 Å². The largest absolute Gasteiger partial charge is 0.278 e. The third-order valence-corrected chi connectivity index (χ3v) is 4.92. The minimum atomic E-state index is -3.53. The van der Waals surface area contributed by atoms with Crippen LogP contribution >= 0.6 is 15.9 Å². The Morgan fingerprint density at radius 2 is 1.67 bits per heavy atom. The summed E-state index contributed by atoms with van der Waals surface area (Å²) < 4.78 is 27.6. The Bertz CT molecular complexity index is 654. The Morgan fingerprint density at radius 3 is 2.33 bits per heavy atom. The zero-order valence-corrected chi connectivity index (χ0v) is 12.1. The molecule has 0 aromatic heterocycles. The Kier molecular flexibility index (Phi) is 3.73. The van der Waals surface area contributed by atoms with E-state index in [2.05, 4.69) is 20.7 Å². The van der Waals surface area contributed by atoms with E-state index in [0.717, 1.165) is 10.0 Å². The summed E-state index contributed by atoms with van der Waals surface area (Å²) in [5.41, 5.74) is 1.52. The van der Waals surface area contributed by atoms with Crippen molar-refractivity contribution < 1.29 is 8.42 Å². The summed E-state index contributed by atoms with van der Waals surface area (Å²) in [6.07, 6.45) is 0. The second-order valence-corrected chi connectivity index (χ2v) is 6.33. The highest BCUT2D eigenvalue weighted by molar-refractivity contribution is 9.10. The summed E-state index contributed by atoms with van der Waals surface area (Å²) in [6.45, 7) is 1.91. The molecule has 2 aromatic rings. The average Bonchev–Trinajstić information content (AvgIpc) is 2.36. The fraction of sp³-hybridized carbons (Fsp3) is 0.0769. The molecule has 5 heteroatoms. The standard InChI is InChI=1S/C13H12BrNO2S/c1-10-6-5-9-12(13(10)14)15-18(16,17)11-7-3-2-4-8-11/h2-9,15H,1H3. The van der Waals surface area contributed by atoms with Gasteiger partial charge in [0.1, 0.15) is 0 Å². The summed E-state index contributed by atoms with van der Waals surface area (Å²) in [4.78, 5) is 0.249. The molecule has 18 heavy (non-hydrogen) atoms. The maximum Gasteiger partial charge on any atom is 0.261 e. The smallest absolute Gasteiger partial charge is 0.261 e. The van der Waals surface area contributed by atoms with Gasteiger partial charge in [-0.15, -0.1) is 0 Å². The zero-order chi connectivity index (χ0) is 13.2. The first-order valence-electron chi connectivity index (χ1n) is 5.34. The van der Waals surface area contributed by atoms with Crippen molar-refractivity contribution in [3.05, 3.63) is 58.6 Å². The van der Waals surface area contributed by atoms with Gasteiger partial charge in [0.05, 0.1) is 10.6 Å². The molecule has 0 atom stereocenters. The van der Waals surface area contributed by atoms with Gasteiger partial charge in [-0.05, 0) is 46.6 Å². The van der Waals surface area contributed by atoms with E-state index in [1.54, 1.807) is 36.4 Å². The molecule has 0 aliphatic heterocycles. The number of rotatable bonds is 3. The molecule has 0 aliphatic carbocycles. The number of hydrogen-bond donors (Lipinski definition) is 1. The lowest BCUT2D eigenvalue weighted by atomic mass is 10.2. The molecule has 2 rings (SSSR count). The van der Waals surface area contributed by atoms with Crippen LogP contribution in [0.15, 0.2) is 57.9 Å². The summed E-state index contributed by atoms with van der Waals surface area (Å²) in [6, 6.07) is 13.7. The first-order valence-corrected chi connectivity index (χ1v) is 7.61. The molecule has 0 unspecified atom stereocenters. The molecule has 3 nitrogen and oxygen atoms in total. The number of benzene rings is 2. The molecule has 0 amide bonds. The zero-order valence-electron chi connectivity index (χ0n) is 9.72. The molecule has 0 saturated carbocycles. The lowest BCUT2D eigenvalue weighted by Crippen LogP contribution is -2.13. The second-order valence-electron chi connectivity index (χ2n) is 3.86. The monoisotopic (exact) mass is 325 g/mol. The average molecular weight is 326 g/mol. The highest BCUT2D eigenvalue weighted by Crippen LogP contribution is 2.27. The van der Waals surface area contributed by atoms with Gasteiger partial charge in [-0.3, -0.25) is 4.72 Å². The molecule has 0 heterocycles. The predicted molar refractivity (Wildman–Crippen MR) is 76.1 cm³/mol. The fourth-order valence-electron chi connectivity index (χ4n) is 1.53. The highest BCUT2D eigenvalue weighted by atomic mass is 79.9. The Hall–Kier alpha value is -1.33. The fourth-order valence-corrected chi connectivity index (χ4v) is 3.12. The van der Waals surface area contributed by atoms with Crippen LogP contribution in [-0.4, -0.2) is 8.42 Å². The van der Waals surface area contributed by atoms with Gasteiger partial charge in [-0.25, -0.2) is 8.42 Å². The first kappa shape index (κ1) is 13.1. The van der Waals surface area contributed by atoms with Crippen LogP contribution in [-0.2, 0) is 10.0 Å². The number of halogens is 1. The lowest BCUT2D eigenvalue weighted by Gasteiger charge is -2.10. The van der Waals surface area contributed by atoms with Crippen molar-refractivity contribution in [1.29, 1.82) is 0 Å². The van der Waals surface area contributed by atoms with Gasteiger partial charge in [0, 0.05) is 4.47 Å². The molecule has 2 aromatic carbocycles. The Labute approximate surface area is 115 Å². The van der Waals surface area contributed by atoms with Gasteiger partial charge < -0.3 is 0 Å². The summed E-state index contributed by atoms with van der Waals surface area (Å²) in [5, 5.41) is 0. The normalized spacial score (nSPS) is 11.2. The SMILES string of the molecule is Cc1cccc(NS(=O)(=O)c2ccccc2)c1Br. The molecule has 1 N–H and O–H groups in total. The van der Waals surface area contributed by atoms with E-state index in [0.29, 0.717) is 5.69 Å². The van der Waals surface area contributed by atoms with Crippen molar-refractivity contribution >= 4 is 31.6 Å². The molecule has 0 bridgehead atoms. The van der Waals surface area contributed by atoms with Crippen LogP contribution in [0.3, 0.4) is 0 Å². The topological polar surface area (TPSA) is 46.2 Å². The van der Waals surface area contributed by atoms with Crippen LogP contribution in [0.1, 0.15) is 5.56 Å². The molecule has 0 radical (unpaired) electrons. The van der Waals surface area contributed by atoms with Gasteiger partial charge in [0.2, 0.25) is 0 Å². The third-order valence-electron chi connectivity index (χ3n) is 2.49. The maximum absolute atomic E-state index is 12.1. The number of anilines is 1. The number of aryl methyl sites for hydroxylation is 1. The molecular formula is C13H12BrNO2S. The lowest BCUT2D eigenvalue weighted by molar-refractivity contribution is 0.601. The van der Waals surface area contributed by atoms with Crippen LogP contribution in [0, 0.1) is 6.92 Å². The molecule has 0 fully saturated rings. The van der Waals surface area contributed by atoms with Crippen molar-refractivity contribution in [2.45, 2.75) is 11.8 Å². The third kappa shape index (κ3) is 2.73. The minimum absolute atomic E-state index is 0.249. The number of sulfonamides is 1. The number of nitrogens with one attached hydrogen (secondary N) is 1. The predicted octanol–water partition coefficient (Wildman–Crippen LogP) is 3.56. The summed E-state index contributed by atoms with van der Waals surface area (Å²) in [5.74, 6) is 0. The quantitative estimate of drug-likeness (QED) is 0.937. The summed E-state index contributed by atoms with van der Waals surface area (Å²) in [7, 11) is -3.53. The van der Waals surface area contributed by atoms with E-state index < -0.39 is 10.0 Å². The van der Waals surface area contributed by atoms with E-state index in [9.17, 15) is 8.42 Å². The maximum atomic E-state index is 12.1. The van der Waals surface area contributed by atoms with Crippen molar-refractivity contribution in [3.63, 3.8) is 0 Å². The first-order chi connectivity index (χ1) is 8.50. The second kappa shape index (κ2) is 5.12. The van der Waals surface area contributed by atoms with E-state index in [1.165, 1.54) is 0 Å². The van der Waals surface area contributed by atoms with Crippen LogP contribution in [0.2, 0.25) is 0 Å². The van der Waals surface area contributed by atoms with E-state index >= 15 is 0 Å². The van der Waals surface area contributed by atoms with Gasteiger partial charge in [-0.2, -0.15) is 0 Å². The Balaban J connectivity index is 2.37. The van der Waals surface area contributed by atoms with Crippen molar-refractivity contribution in [3.8, 4) is 0 Å². The van der Waals surface area contributed by atoms with Gasteiger partial charge in [0.25, 0.3) is 10.0 Å². The highest BCUT2D eigenvalue weighted by Gasteiger charge is 2.15. The van der Waals surface area contributed by atoms with Crippen molar-refractivity contribution in [2.75, 3.05) is 4.72 Å². The number of hydrogen-bond acceptors (Lipinski definition) is 2. The molecule has 0 aliphatic rings. The molecular weight excluding hydrogens is 314 g/mol. The van der Waals surface area contributed by atoms with Crippen LogP contribution in [0.25, 0.3) is 0 Å². The Morgan fingerprint density at radius 1 is 1.00 bits per heavy atom. The minimum Gasteiger partial charge on any atom is -0.278 e. The van der Waals surface area contributed by atoms with E-state index in [1.807, 2.05) is 19.1 Å². The van der Waals surface area contributed by atoms with Crippen molar-refractivity contribution in [2.24, 2.45) is 0 Å². The van der Waals surface area contributed by atoms with E-state index in [4.69, 9.17) is 0 Å². The van der Waals surface area contributed by atoms with Crippen LogP contribution < -0.4 is 4.72 Å². The molecule has 94 valence electrons. The molecule has 0 saturated heterocycles.